The Morgan fingerprint density at radius 2 is 1.75 bits per heavy atom. The van der Waals surface area contributed by atoms with Gasteiger partial charge in [-0.15, -0.1) is 0 Å². The average molecular weight is 486 g/mol. The SMILES string of the molecule is CC1=C(C(=O)[O-])C(c2cccc(C#N)c2)C(C(=O)OCCOc2ccccc2C2CCCC2)=C(C)N1. The molecule has 2 aromatic carbocycles. The van der Waals surface area contributed by atoms with Crippen molar-refractivity contribution in [3.8, 4) is 11.8 Å². The van der Waals surface area contributed by atoms with Crippen molar-refractivity contribution in [2.24, 2.45) is 0 Å². The molecule has 0 saturated heterocycles. The van der Waals surface area contributed by atoms with Gasteiger partial charge < -0.3 is 24.7 Å². The third kappa shape index (κ3) is 5.28. The minimum absolute atomic E-state index is 0.00290. The zero-order valence-electron chi connectivity index (χ0n) is 20.5. The van der Waals surface area contributed by atoms with E-state index in [-0.39, 0.29) is 24.4 Å². The molecule has 0 spiro atoms. The molecular weight excluding hydrogens is 456 g/mol. The number of nitrogens with one attached hydrogen (secondary N) is 1. The Morgan fingerprint density at radius 1 is 1.03 bits per heavy atom. The van der Waals surface area contributed by atoms with E-state index in [1.54, 1.807) is 38.1 Å². The predicted octanol–water partition coefficient (Wildman–Crippen LogP) is 3.82. The van der Waals surface area contributed by atoms with Crippen LogP contribution in [0, 0.1) is 11.3 Å². The molecule has 1 saturated carbocycles. The van der Waals surface area contributed by atoms with Gasteiger partial charge in [-0.25, -0.2) is 4.79 Å². The summed E-state index contributed by atoms with van der Waals surface area (Å²) in [6.45, 7) is 3.49. The Balaban J connectivity index is 1.50. The number of allylic oxidation sites excluding steroid dienone is 2. The van der Waals surface area contributed by atoms with E-state index in [4.69, 9.17) is 9.47 Å². The number of nitriles is 1. The lowest BCUT2D eigenvalue weighted by atomic mass is 9.80. The van der Waals surface area contributed by atoms with Crippen molar-refractivity contribution < 1.29 is 24.2 Å². The van der Waals surface area contributed by atoms with E-state index in [2.05, 4.69) is 17.5 Å². The summed E-state index contributed by atoms with van der Waals surface area (Å²) >= 11 is 0. The molecule has 0 amide bonds. The number of hydrogen-bond acceptors (Lipinski definition) is 7. The summed E-state index contributed by atoms with van der Waals surface area (Å²) in [5.74, 6) is -1.67. The van der Waals surface area contributed by atoms with Crippen molar-refractivity contribution in [3.63, 3.8) is 0 Å². The molecule has 4 rings (SSSR count). The Hall–Kier alpha value is -4.05. The third-order valence-corrected chi connectivity index (χ3v) is 6.84. The molecule has 1 N–H and O–H groups in total. The number of aliphatic carboxylic acids is 1. The van der Waals surface area contributed by atoms with Crippen LogP contribution < -0.4 is 15.2 Å². The standard InChI is InChI=1S/C29H30N2O5/c1-18-25(28(32)33)27(22-11-7-8-20(16-22)17-30)26(19(2)31-18)29(34)36-15-14-35-24-13-6-5-12-23(24)21-9-3-4-10-21/h5-8,11-13,16,21,27,31H,3-4,9-10,14-15H2,1-2H3,(H,32,33)/p-1. The first-order chi connectivity index (χ1) is 17.4. The topological polar surface area (TPSA) is 111 Å². The zero-order valence-corrected chi connectivity index (χ0v) is 20.5. The number of dihydropyridines is 1. The number of para-hydroxylation sites is 1. The molecule has 186 valence electrons. The number of rotatable bonds is 8. The molecule has 1 unspecified atom stereocenters. The molecule has 2 aromatic rings. The molecule has 1 aliphatic heterocycles. The Kier molecular flexibility index (Phi) is 7.74. The summed E-state index contributed by atoms with van der Waals surface area (Å²) in [5.41, 5.74) is 3.02. The first kappa shape index (κ1) is 25.1. The summed E-state index contributed by atoms with van der Waals surface area (Å²) in [6.07, 6.45) is 4.74. The van der Waals surface area contributed by atoms with Crippen LogP contribution in [0.2, 0.25) is 0 Å². The highest BCUT2D eigenvalue weighted by Crippen LogP contribution is 2.40. The van der Waals surface area contributed by atoms with Crippen molar-refractivity contribution in [1.29, 1.82) is 5.26 Å². The fourth-order valence-electron chi connectivity index (χ4n) is 5.21. The Bertz CT molecular complexity index is 1260. The van der Waals surface area contributed by atoms with Crippen LogP contribution in [0.3, 0.4) is 0 Å². The number of carbonyl (C=O) groups is 2. The molecule has 7 heteroatoms. The number of carboxylic acids is 1. The first-order valence-electron chi connectivity index (χ1n) is 12.2. The van der Waals surface area contributed by atoms with Crippen LogP contribution in [0.25, 0.3) is 0 Å². The Morgan fingerprint density at radius 3 is 2.47 bits per heavy atom. The minimum atomic E-state index is -1.39. The van der Waals surface area contributed by atoms with E-state index in [9.17, 15) is 20.0 Å². The monoisotopic (exact) mass is 485 g/mol. The van der Waals surface area contributed by atoms with Crippen LogP contribution in [0.15, 0.2) is 71.1 Å². The lowest BCUT2D eigenvalue weighted by molar-refractivity contribution is -0.299. The molecule has 1 fully saturated rings. The molecule has 0 bridgehead atoms. The van der Waals surface area contributed by atoms with Crippen LogP contribution >= 0.6 is 0 Å². The summed E-state index contributed by atoms with van der Waals surface area (Å²) in [4.78, 5) is 25.3. The highest BCUT2D eigenvalue weighted by molar-refractivity contribution is 5.98. The lowest BCUT2D eigenvalue weighted by Gasteiger charge is -2.32. The van der Waals surface area contributed by atoms with Crippen molar-refractivity contribution in [3.05, 3.63) is 87.8 Å². The van der Waals surface area contributed by atoms with Crippen molar-refractivity contribution in [2.75, 3.05) is 13.2 Å². The van der Waals surface area contributed by atoms with Crippen LogP contribution in [0.4, 0.5) is 0 Å². The van der Waals surface area contributed by atoms with Gasteiger partial charge in [0.25, 0.3) is 0 Å². The maximum absolute atomic E-state index is 13.2. The predicted molar refractivity (Wildman–Crippen MR) is 132 cm³/mol. The normalized spacial score (nSPS) is 18.0. The van der Waals surface area contributed by atoms with Gasteiger partial charge >= 0.3 is 5.97 Å². The highest BCUT2D eigenvalue weighted by atomic mass is 16.6. The second kappa shape index (κ2) is 11.1. The summed E-state index contributed by atoms with van der Waals surface area (Å²) in [6, 6.07) is 16.6. The molecule has 7 nitrogen and oxygen atoms in total. The second-order valence-corrected chi connectivity index (χ2v) is 9.16. The molecule has 0 radical (unpaired) electrons. The molecule has 1 heterocycles. The van der Waals surface area contributed by atoms with Gasteiger partial charge in [-0.2, -0.15) is 5.26 Å². The van der Waals surface area contributed by atoms with Gasteiger partial charge in [0.2, 0.25) is 0 Å². The fraction of sp³-hybridized carbons (Fsp3) is 0.345. The minimum Gasteiger partial charge on any atom is -0.545 e. The number of nitrogens with zero attached hydrogens (tertiary/aromatic N) is 1. The van der Waals surface area contributed by atoms with E-state index >= 15 is 0 Å². The number of benzene rings is 2. The molecule has 36 heavy (non-hydrogen) atoms. The molecular formula is C29H29N2O5-. The largest absolute Gasteiger partial charge is 0.545 e. The smallest absolute Gasteiger partial charge is 0.336 e. The van der Waals surface area contributed by atoms with Gasteiger partial charge in [0.15, 0.2) is 0 Å². The second-order valence-electron chi connectivity index (χ2n) is 9.16. The summed E-state index contributed by atoms with van der Waals surface area (Å²) < 4.78 is 11.5. The van der Waals surface area contributed by atoms with Gasteiger partial charge in [0.1, 0.15) is 19.0 Å². The van der Waals surface area contributed by atoms with Gasteiger partial charge in [0.05, 0.1) is 23.2 Å². The van der Waals surface area contributed by atoms with E-state index in [1.807, 2.05) is 18.2 Å². The fourth-order valence-corrected chi connectivity index (χ4v) is 5.21. The van der Waals surface area contributed by atoms with Crippen molar-refractivity contribution in [2.45, 2.75) is 51.4 Å². The first-order valence-corrected chi connectivity index (χ1v) is 12.2. The highest BCUT2D eigenvalue weighted by Gasteiger charge is 2.34. The van der Waals surface area contributed by atoms with Gasteiger partial charge in [-0.3, -0.25) is 0 Å². The molecule has 1 atom stereocenters. The quantitative estimate of drug-likeness (QED) is 0.447. The lowest BCUT2D eigenvalue weighted by Crippen LogP contribution is -2.37. The van der Waals surface area contributed by atoms with Crippen molar-refractivity contribution in [1.82, 2.24) is 5.32 Å². The van der Waals surface area contributed by atoms with Crippen LogP contribution in [-0.4, -0.2) is 25.2 Å². The van der Waals surface area contributed by atoms with Crippen LogP contribution in [0.1, 0.15) is 68.1 Å². The number of hydrogen-bond donors (Lipinski definition) is 1. The van der Waals surface area contributed by atoms with Crippen LogP contribution in [0.5, 0.6) is 5.75 Å². The summed E-state index contributed by atoms with van der Waals surface area (Å²) in [5, 5.41) is 24.4. The van der Waals surface area contributed by atoms with Gasteiger partial charge in [0, 0.05) is 22.9 Å². The number of carboxylic acid groups (broad SMARTS) is 1. The van der Waals surface area contributed by atoms with Gasteiger partial charge in [-0.1, -0.05) is 43.2 Å². The van der Waals surface area contributed by atoms with E-state index in [0.29, 0.717) is 28.4 Å². The number of ether oxygens (including phenoxy) is 2. The maximum atomic E-state index is 13.2. The van der Waals surface area contributed by atoms with E-state index in [0.717, 1.165) is 18.6 Å². The average Bonchev–Trinajstić information content (AvgIpc) is 3.41. The van der Waals surface area contributed by atoms with Crippen LogP contribution in [-0.2, 0) is 14.3 Å². The Labute approximate surface area is 211 Å². The third-order valence-electron chi connectivity index (χ3n) is 6.84. The molecule has 0 aromatic heterocycles. The maximum Gasteiger partial charge on any atom is 0.336 e. The van der Waals surface area contributed by atoms with E-state index in [1.165, 1.54) is 18.4 Å². The number of esters is 1. The van der Waals surface area contributed by atoms with E-state index < -0.39 is 17.9 Å². The number of carbonyl (C=O) groups excluding carboxylic acids is 2. The van der Waals surface area contributed by atoms with Crippen molar-refractivity contribution >= 4 is 11.9 Å². The van der Waals surface area contributed by atoms with Gasteiger partial charge in [-0.05, 0) is 61.9 Å². The summed E-state index contributed by atoms with van der Waals surface area (Å²) in [7, 11) is 0. The zero-order chi connectivity index (χ0) is 25.7. The molecule has 1 aliphatic carbocycles. The molecule has 2 aliphatic rings.